The molecule has 394 valence electrons. The molecule has 4 rings (SSSR count). The van der Waals surface area contributed by atoms with Crippen LogP contribution in [0.15, 0.2) is 0 Å². The van der Waals surface area contributed by atoms with Crippen molar-refractivity contribution in [2.75, 3.05) is 39.5 Å². The van der Waals surface area contributed by atoms with Crippen molar-refractivity contribution >= 4 is 24.1 Å². The Balaban J connectivity index is 1.65. The van der Waals surface area contributed by atoms with E-state index in [1.807, 2.05) is 6.92 Å². The van der Waals surface area contributed by atoms with Gasteiger partial charge in [-0.3, -0.25) is 9.59 Å². The first-order valence-electron chi connectivity index (χ1n) is 24.3. The zero-order valence-electron chi connectivity index (χ0n) is 42.2. The Hall–Kier alpha value is -2.96. The summed E-state index contributed by atoms with van der Waals surface area (Å²) in [7, 11) is 0. The smallest absolute Gasteiger partial charge is 0.410 e. The molecule has 3 amide bonds. The van der Waals surface area contributed by atoms with Crippen molar-refractivity contribution in [3.63, 3.8) is 0 Å². The number of nitrogens with zero attached hydrogens (tertiary/aromatic N) is 1. The predicted molar refractivity (Wildman–Crippen MR) is 244 cm³/mol. The average Bonchev–Trinajstić information content (AvgIpc) is 3.21. The van der Waals surface area contributed by atoms with Crippen molar-refractivity contribution in [2.24, 2.45) is 17.6 Å². The van der Waals surface area contributed by atoms with Crippen molar-refractivity contribution in [1.29, 1.82) is 0 Å². The minimum absolute atomic E-state index is 0.0335. The Labute approximate surface area is 402 Å². The van der Waals surface area contributed by atoms with Gasteiger partial charge >= 0.3 is 18.2 Å². The van der Waals surface area contributed by atoms with E-state index < -0.39 is 127 Å². The summed E-state index contributed by atoms with van der Waals surface area (Å²) >= 11 is 0. The van der Waals surface area contributed by atoms with E-state index in [2.05, 4.69) is 10.6 Å². The van der Waals surface area contributed by atoms with Crippen LogP contribution in [0.25, 0.3) is 0 Å². The maximum absolute atomic E-state index is 13.6. The number of carbonyl (C=O) groups is 4. The van der Waals surface area contributed by atoms with Gasteiger partial charge in [0.15, 0.2) is 18.9 Å². The molecule has 14 atom stereocenters. The number of nitrogens with one attached hydrogen (secondary N) is 2. The number of ether oxygens (including phenoxy) is 9. The third-order valence-electron chi connectivity index (χ3n) is 12.0. The van der Waals surface area contributed by atoms with E-state index in [4.69, 9.17) is 48.4 Å². The van der Waals surface area contributed by atoms with Crippen LogP contribution >= 0.6 is 0 Å². The maximum atomic E-state index is 13.6. The summed E-state index contributed by atoms with van der Waals surface area (Å²) in [5.41, 5.74) is 1.38. The van der Waals surface area contributed by atoms with Crippen LogP contribution in [0.4, 0.5) is 9.59 Å². The van der Waals surface area contributed by atoms with E-state index in [9.17, 15) is 39.6 Å². The number of aliphatic hydroxyl groups is 4. The molecule has 0 spiro atoms. The van der Waals surface area contributed by atoms with Crippen LogP contribution in [0.2, 0.25) is 0 Å². The molecule has 4 fully saturated rings. The molecule has 21 nitrogen and oxygen atoms in total. The zero-order chi connectivity index (χ0) is 50.8. The molecule has 8 N–H and O–H groups in total. The van der Waals surface area contributed by atoms with Crippen molar-refractivity contribution in [3.05, 3.63) is 0 Å². The fourth-order valence-corrected chi connectivity index (χ4v) is 8.61. The van der Waals surface area contributed by atoms with Gasteiger partial charge in [-0.25, -0.2) is 9.59 Å². The van der Waals surface area contributed by atoms with Crippen LogP contribution in [0.3, 0.4) is 0 Å². The molecule has 68 heavy (non-hydrogen) atoms. The lowest BCUT2D eigenvalue weighted by molar-refractivity contribution is -0.318. The monoisotopic (exact) mass is 977 g/mol. The second-order valence-corrected chi connectivity index (χ2v) is 21.9. The Kier molecular flexibility index (Phi) is 21.1. The Morgan fingerprint density at radius 2 is 1.47 bits per heavy atom. The highest BCUT2D eigenvalue weighted by Crippen LogP contribution is 2.38. The summed E-state index contributed by atoms with van der Waals surface area (Å²) in [5.74, 6) is -2.92. The second kappa shape index (κ2) is 24.9. The molecular formula is C47H84N4O17. The molecule has 3 heterocycles. The first-order chi connectivity index (χ1) is 31.6. The van der Waals surface area contributed by atoms with Gasteiger partial charge in [0.05, 0.1) is 50.0 Å². The quantitative estimate of drug-likeness (QED) is 0.0768. The number of rotatable bonds is 18. The van der Waals surface area contributed by atoms with Crippen LogP contribution < -0.4 is 16.4 Å². The van der Waals surface area contributed by atoms with E-state index >= 15 is 0 Å². The first-order valence-corrected chi connectivity index (χ1v) is 24.3. The highest BCUT2D eigenvalue weighted by molar-refractivity contribution is 5.80. The fourth-order valence-electron chi connectivity index (χ4n) is 8.61. The number of hydrogen-bond acceptors (Lipinski definition) is 18. The number of nitrogens with two attached hydrogens (primary N) is 1. The maximum Gasteiger partial charge on any atom is 0.410 e. The SMILES string of the molecule is CC1CC[C@@H](CN(CCOC2CCCCO2)C(=O)OC(C)(C)C)O[C@@H]1OC1C(O)C(O[C@H]2OCC(C)(O)[C@H](CC(=O)OC(C)(C)C)C2O)[C@H](NC(=O)[C@@H](O)CCCN)C[C@@H]1NC(=O)OC(C)(C)C. The normalized spacial score (nSPS) is 33.2. The third kappa shape index (κ3) is 18.3. The van der Waals surface area contributed by atoms with Gasteiger partial charge in [0.1, 0.15) is 47.3 Å². The van der Waals surface area contributed by atoms with E-state index in [1.165, 1.54) is 11.8 Å². The van der Waals surface area contributed by atoms with Crippen LogP contribution in [-0.2, 0) is 52.2 Å². The van der Waals surface area contributed by atoms with Crippen LogP contribution in [0.1, 0.15) is 134 Å². The molecule has 3 aliphatic heterocycles. The van der Waals surface area contributed by atoms with Crippen molar-refractivity contribution < 1.29 is 82.2 Å². The van der Waals surface area contributed by atoms with Crippen LogP contribution in [0, 0.1) is 11.8 Å². The average molecular weight is 977 g/mol. The molecule has 0 bridgehead atoms. The lowest BCUT2D eigenvalue weighted by Gasteiger charge is -2.49. The van der Waals surface area contributed by atoms with Crippen molar-refractivity contribution in [3.8, 4) is 0 Å². The fraction of sp³-hybridized carbons (Fsp3) is 0.915. The van der Waals surface area contributed by atoms with Crippen LogP contribution in [0.5, 0.6) is 0 Å². The molecule has 0 aromatic carbocycles. The number of esters is 1. The number of hydrogen-bond donors (Lipinski definition) is 7. The lowest BCUT2D eigenvalue weighted by Crippen LogP contribution is -2.68. The highest BCUT2D eigenvalue weighted by Gasteiger charge is 2.54. The minimum Gasteiger partial charge on any atom is -0.460 e. The largest absolute Gasteiger partial charge is 0.460 e. The van der Waals surface area contributed by atoms with E-state index in [1.54, 1.807) is 62.3 Å². The summed E-state index contributed by atoms with van der Waals surface area (Å²) in [6.07, 6.45) is -8.95. The van der Waals surface area contributed by atoms with E-state index in [-0.39, 0.29) is 51.3 Å². The van der Waals surface area contributed by atoms with Crippen LogP contribution in [-0.4, -0.2) is 179 Å². The molecule has 0 aromatic heterocycles. The van der Waals surface area contributed by atoms with Gasteiger partial charge in [-0.05, 0) is 127 Å². The molecule has 4 aliphatic rings. The van der Waals surface area contributed by atoms with Crippen molar-refractivity contribution in [1.82, 2.24) is 15.5 Å². The third-order valence-corrected chi connectivity index (χ3v) is 12.0. The summed E-state index contributed by atoms with van der Waals surface area (Å²) in [6.45, 7) is 19.7. The van der Waals surface area contributed by atoms with Gasteiger partial charge in [-0.1, -0.05) is 6.92 Å². The minimum atomic E-state index is -1.72. The molecule has 0 aromatic rings. The predicted octanol–water partition coefficient (Wildman–Crippen LogP) is 2.74. The molecule has 0 radical (unpaired) electrons. The van der Waals surface area contributed by atoms with Gasteiger partial charge in [-0.2, -0.15) is 0 Å². The van der Waals surface area contributed by atoms with Gasteiger partial charge in [0, 0.05) is 25.0 Å². The van der Waals surface area contributed by atoms with E-state index in [0.717, 1.165) is 19.3 Å². The topological polar surface area (TPSA) is 286 Å². The Morgan fingerprint density at radius 1 is 0.838 bits per heavy atom. The highest BCUT2D eigenvalue weighted by atomic mass is 16.7. The van der Waals surface area contributed by atoms with Crippen molar-refractivity contribution in [2.45, 2.75) is 224 Å². The van der Waals surface area contributed by atoms with Gasteiger partial charge < -0.3 is 84.3 Å². The zero-order valence-corrected chi connectivity index (χ0v) is 42.2. The van der Waals surface area contributed by atoms with Gasteiger partial charge in [-0.15, -0.1) is 0 Å². The molecule has 1 aliphatic carbocycles. The molecule has 7 unspecified atom stereocenters. The number of alkyl carbamates (subject to hydrolysis) is 1. The number of aliphatic hydroxyl groups excluding tert-OH is 3. The van der Waals surface area contributed by atoms with E-state index in [0.29, 0.717) is 25.9 Å². The number of amides is 3. The number of carbonyl (C=O) groups excluding carboxylic acids is 4. The summed E-state index contributed by atoms with van der Waals surface area (Å²) in [6, 6.07) is -2.26. The Morgan fingerprint density at radius 3 is 2.07 bits per heavy atom. The lowest BCUT2D eigenvalue weighted by atomic mass is 9.80. The van der Waals surface area contributed by atoms with Gasteiger partial charge in [0.2, 0.25) is 5.91 Å². The molecule has 3 saturated heterocycles. The van der Waals surface area contributed by atoms with Gasteiger partial charge in [0.25, 0.3) is 0 Å². The summed E-state index contributed by atoms with van der Waals surface area (Å²) in [5, 5.41) is 51.9. The first kappa shape index (κ1) is 57.6. The Bertz CT molecular complexity index is 1610. The summed E-state index contributed by atoms with van der Waals surface area (Å²) < 4.78 is 54.1. The molecule has 21 heteroatoms. The molecule has 1 saturated carbocycles. The second-order valence-electron chi connectivity index (χ2n) is 21.9. The standard InChI is InChI=1S/C47H84N4O17/c1-27-17-18-28(25-51(43(58)68-46(8,9)10)20-22-61-34-16-12-13-21-60-34)63-40(27)64-38-31(50-42(57)67-45(5,6)7)24-30(49-39(56)32(52)15-14-19-48)37(36(38)55)65-41-35(54)29(47(11,59)26-62-41)23-33(53)66-44(2,3)4/h27-32,34-38,40-41,52,54-55,59H,12-26,48H2,1-11H3,(H,49,56)(H,50,57)/t27?,28-,29+,30+,31-,32-,34?,35?,36?,37?,38?,40+,41+,47?/m0/s1. The molecular weight excluding hydrogens is 893 g/mol. The summed E-state index contributed by atoms with van der Waals surface area (Å²) in [4.78, 5) is 55.1.